The molecule has 0 fully saturated rings. The Kier molecular flexibility index (Phi) is 8.88. The van der Waals surface area contributed by atoms with Gasteiger partial charge in [-0.1, -0.05) is 42.3 Å². The van der Waals surface area contributed by atoms with Crippen molar-refractivity contribution in [1.82, 2.24) is 29.5 Å². The third-order valence-electron chi connectivity index (χ3n) is 8.58. The van der Waals surface area contributed by atoms with E-state index in [4.69, 9.17) is 11.6 Å². The number of nitrogens with one attached hydrogen (secondary N) is 1. The van der Waals surface area contributed by atoms with E-state index in [-0.39, 0.29) is 22.3 Å². The molecule has 0 saturated heterocycles. The highest BCUT2D eigenvalue weighted by Crippen LogP contribution is 2.36. The predicted molar refractivity (Wildman–Crippen MR) is 175 cm³/mol. The van der Waals surface area contributed by atoms with E-state index in [1.54, 1.807) is 20.0 Å². The fraction of sp³-hybridized carbons (Fsp3) is 0.324. The summed E-state index contributed by atoms with van der Waals surface area (Å²) in [4.78, 5) is 23.0. The van der Waals surface area contributed by atoms with Crippen molar-refractivity contribution in [2.75, 3.05) is 5.32 Å². The van der Waals surface area contributed by atoms with E-state index in [0.717, 1.165) is 22.0 Å². The van der Waals surface area contributed by atoms with Crippen LogP contribution >= 0.6 is 11.6 Å². The van der Waals surface area contributed by atoms with Crippen molar-refractivity contribution in [1.29, 1.82) is 0 Å². The Morgan fingerprint density at radius 3 is 2.50 bits per heavy atom. The van der Waals surface area contributed by atoms with Gasteiger partial charge in [0.2, 0.25) is 0 Å². The van der Waals surface area contributed by atoms with Gasteiger partial charge >= 0.3 is 6.18 Å². The topological polar surface area (TPSA) is 131 Å². The molecule has 0 radical (unpaired) electrons. The third kappa shape index (κ3) is 6.84. The Morgan fingerprint density at radius 2 is 1.79 bits per heavy atom. The maximum atomic E-state index is 13.8. The minimum Gasteiger partial charge on any atom is -0.386 e. The van der Waals surface area contributed by atoms with E-state index >= 15 is 0 Å². The van der Waals surface area contributed by atoms with Crippen LogP contribution in [0.3, 0.4) is 0 Å². The lowest BCUT2D eigenvalue weighted by Gasteiger charge is -2.27. The number of hydrogen-bond acceptors (Lipinski definition) is 8. The lowest BCUT2D eigenvalue weighted by atomic mass is 9.92. The molecule has 14 heteroatoms. The van der Waals surface area contributed by atoms with Crippen LogP contribution in [-0.2, 0) is 11.8 Å². The maximum absolute atomic E-state index is 13.8. The molecule has 6 rings (SSSR count). The molecule has 4 heterocycles. The molecule has 3 N–H and O–H groups in total. The molecule has 3 atom stereocenters. The fourth-order valence-electron chi connectivity index (χ4n) is 5.83. The molecule has 2 aromatic carbocycles. The van der Waals surface area contributed by atoms with Crippen LogP contribution in [-0.4, -0.2) is 46.0 Å². The molecule has 5 aromatic rings. The molecule has 0 spiro atoms. The van der Waals surface area contributed by atoms with Crippen LogP contribution in [0, 0.1) is 5.92 Å². The zero-order chi connectivity index (χ0) is 34.4. The van der Waals surface area contributed by atoms with E-state index in [2.05, 4.69) is 25.6 Å². The van der Waals surface area contributed by atoms with Crippen LogP contribution in [0.1, 0.15) is 63.0 Å². The SMILES string of the molecule is CC1CCCC(n2cnc(-c3cc(Cl)ccc3-n3cc(C(F)(F)F)nn3)cc2=O)c2cc(ccn2)-c2ccc(C(C)(C)O)cc2NC1O. The van der Waals surface area contributed by atoms with Gasteiger partial charge in [-0.2, -0.15) is 13.2 Å². The second kappa shape index (κ2) is 12.8. The van der Waals surface area contributed by atoms with Crippen LogP contribution in [0.15, 0.2) is 78.1 Å². The molecule has 2 bridgehead atoms. The van der Waals surface area contributed by atoms with Crippen molar-refractivity contribution < 1.29 is 23.4 Å². The first kappa shape index (κ1) is 33.3. The second-order valence-electron chi connectivity index (χ2n) is 12.5. The summed E-state index contributed by atoms with van der Waals surface area (Å²) in [5, 5.41) is 32.1. The predicted octanol–water partition coefficient (Wildman–Crippen LogP) is 6.59. The maximum Gasteiger partial charge on any atom is 0.436 e. The van der Waals surface area contributed by atoms with Gasteiger partial charge in [-0.3, -0.25) is 14.3 Å². The van der Waals surface area contributed by atoms with Gasteiger partial charge in [0.1, 0.15) is 6.23 Å². The van der Waals surface area contributed by atoms with E-state index < -0.39 is 35.3 Å². The van der Waals surface area contributed by atoms with Crippen LogP contribution < -0.4 is 10.9 Å². The summed E-state index contributed by atoms with van der Waals surface area (Å²) in [6.45, 7) is 5.33. The summed E-state index contributed by atoms with van der Waals surface area (Å²) < 4.78 is 42.2. The number of aliphatic hydroxyl groups excluding tert-OH is 1. The monoisotopic (exact) mass is 679 g/mol. The highest BCUT2D eigenvalue weighted by atomic mass is 35.5. The van der Waals surface area contributed by atoms with Gasteiger partial charge in [0, 0.05) is 40.0 Å². The Bertz CT molecular complexity index is 2020. The molecule has 0 amide bonds. The van der Waals surface area contributed by atoms with Crippen molar-refractivity contribution in [2.45, 2.75) is 64.1 Å². The first-order valence-corrected chi connectivity index (χ1v) is 15.7. The standard InChI is InChI=1S/C34H33ClF3N7O3/c1-19-5-4-6-29(27-13-20(11-12-39-27)23-9-7-21(33(2,3)48)14-26(23)41-32(19)47)44-18-40-25(16-31(44)46)24-15-22(35)8-10-28(24)45-17-30(42-43-45)34(36,37)38/h7-19,29,32,41,47-48H,4-6H2,1-3H3. The van der Waals surface area contributed by atoms with Crippen LogP contribution in [0.4, 0.5) is 18.9 Å². The normalized spacial score (nSPS) is 18.7. The fourth-order valence-corrected chi connectivity index (χ4v) is 6.00. The molecule has 3 aromatic heterocycles. The van der Waals surface area contributed by atoms with Crippen LogP contribution in [0.5, 0.6) is 0 Å². The molecule has 1 aliphatic heterocycles. The Hall–Kier alpha value is -4.59. The van der Waals surface area contributed by atoms with Crippen LogP contribution in [0.2, 0.25) is 5.02 Å². The van der Waals surface area contributed by atoms with Gasteiger partial charge in [0.25, 0.3) is 5.56 Å². The summed E-state index contributed by atoms with van der Waals surface area (Å²) in [5.41, 5.74) is 1.55. The first-order valence-electron chi connectivity index (χ1n) is 15.3. The molecular formula is C34H33ClF3N7O3. The molecular weight excluding hydrogens is 647 g/mol. The zero-order valence-electron chi connectivity index (χ0n) is 26.3. The van der Waals surface area contributed by atoms with E-state index in [1.165, 1.54) is 35.2 Å². The molecule has 48 heavy (non-hydrogen) atoms. The molecule has 3 unspecified atom stereocenters. The smallest absolute Gasteiger partial charge is 0.386 e. The zero-order valence-corrected chi connectivity index (χ0v) is 27.0. The summed E-state index contributed by atoms with van der Waals surface area (Å²) in [6, 6.07) is 14.5. The first-order chi connectivity index (χ1) is 22.7. The second-order valence-corrected chi connectivity index (χ2v) is 13.0. The summed E-state index contributed by atoms with van der Waals surface area (Å²) in [5.74, 6) is -0.150. The summed E-state index contributed by atoms with van der Waals surface area (Å²) in [6.07, 6.45) is 0.0641. The Balaban J connectivity index is 1.42. The molecule has 0 saturated carbocycles. The number of aromatic nitrogens is 6. The van der Waals surface area contributed by atoms with Gasteiger partial charge in [0.05, 0.1) is 41.2 Å². The highest BCUT2D eigenvalue weighted by molar-refractivity contribution is 6.31. The molecule has 1 aliphatic rings. The van der Waals surface area contributed by atoms with Gasteiger partial charge < -0.3 is 15.5 Å². The van der Waals surface area contributed by atoms with Crippen molar-refractivity contribution in [3.8, 4) is 28.1 Å². The number of rotatable bonds is 4. The van der Waals surface area contributed by atoms with Gasteiger partial charge in [-0.05, 0) is 74.2 Å². The number of pyridine rings is 1. The molecule has 10 nitrogen and oxygen atoms in total. The molecule has 0 aliphatic carbocycles. The largest absolute Gasteiger partial charge is 0.436 e. The number of aliphatic hydroxyl groups is 2. The van der Waals surface area contributed by atoms with Crippen LogP contribution in [0.25, 0.3) is 28.1 Å². The third-order valence-corrected chi connectivity index (χ3v) is 8.81. The number of hydrogen-bond donors (Lipinski definition) is 3. The highest BCUT2D eigenvalue weighted by Gasteiger charge is 2.35. The molecule has 250 valence electrons. The van der Waals surface area contributed by atoms with Gasteiger partial charge in [0.15, 0.2) is 5.69 Å². The van der Waals surface area contributed by atoms with E-state index in [0.29, 0.717) is 41.8 Å². The average Bonchev–Trinajstić information content (AvgIpc) is 3.54. The average molecular weight is 680 g/mol. The van der Waals surface area contributed by atoms with Crippen molar-refractivity contribution in [3.63, 3.8) is 0 Å². The quantitative estimate of drug-likeness (QED) is 0.194. The van der Waals surface area contributed by atoms with Gasteiger partial charge in [-0.15, -0.1) is 5.10 Å². The number of anilines is 1. The summed E-state index contributed by atoms with van der Waals surface area (Å²) in [7, 11) is 0. The minimum atomic E-state index is -4.68. The van der Waals surface area contributed by atoms with Gasteiger partial charge in [-0.25, -0.2) is 9.67 Å². The van der Waals surface area contributed by atoms with Crippen molar-refractivity contribution in [3.05, 3.63) is 106 Å². The number of benzene rings is 2. The Labute approximate surface area is 278 Å². The number of halogens is 4. The van der Waals surface area contributed by atoms with E-state index in [1.807, 2.05) is 37.3 Å². The van der Waals surface area contributed by atoms with Crippen molar-refractivity contribution >= 4 is 17.3 Å². The lowest BCUT2D eigenvalue weighted by molar-refractivity contribution is -0.141. The number of nitrogens with zero attached hydrogens (tertiary/aromatic N) is 6. The number of fused-ring (bicyclic) bond motifs is 4. The number of alkyl halides is 3. The lowest BCUT2D eigenvalue weighted by Crippen LogP contribution is -2.29. The minimum absolute atomic E-state index is 0.150. The van der Waals surface area contributed by atoms with E-state index in [9.17, 15) is 28.2 Å². The Morgan fingerprint density at radius 1 is 1.00 bits per heavy atom. The summed E-state index contributed by atoms with van der Waals surface area (Å²) >= 11 is 6.26. The van der Waals surface area contributed by atoms with Crippen molar-refractivity contribution in [2.24, 2.45) is 5.92 Å².